The van der Waals surface area contributed by atoms with Crippen LogP contribution in [0.4, 0.5) is 0 Å². The van der Waals surface area contributed by atoms with E-state index in [-0.39, 0.29) is 23.1 Å². The Morgan fingerprint density at radius 1 is 1.13 bits per heavy atom. The third kappa shape index (κ3) is 3.50. The number of nitrogens with one attached hydrogen (secondary N) is 1. The van der Waals surface area contributed by atoms with Crippen LogP contribution in [0.2, 0.25) is 0 Å². The molecule has 1 heterocycles. The Morgan fingerprint density at radius 2 is 1.70 bits per heavy atom. The van der Waals surface area contributed by atoms with E-state index in [0.29, 0.717) is 11.3 Å². The number of hydrogen-bond donors (Lipinski definition) is 1. The number of benzene rings is 1. The molecule has 0 aliphatic carbocycles. The topological polar surface area (TPSA) is 64.0 Å². The molecule has 1 atom stereocenters. The van der Waals surface area contributed by atoms with E-state index in [0.717, 1.165) is 16.7 Å². The molecule has 0 fully saturated rings. The maximum absolute atomic E-state index is 12.6. The van der Waals surface area contributed by atoms with Gasteiger partial charge in [0.1, 0.15) is 5.56 Å². The van der Waals surface area contributed by atoms with Gasteiger partial charge in [-0.25, -0.2) is 4.68 Å². The predicted octanol–water partition coefficient (Wildman–Crippen LogP) is 2.50. The van der Waals surface area contributed by atoms with Crippen molar-refractivity contribution in [2.24, 2.45) is 7.05 Å². The van der Waals surface area contributed by atoms with E-state index >= 15 is 0 Å². The summed E-state index contributed by atoms with van der Waals surface area (Å²) in [4.78, 5) is 24.8. The van der Waals surface area contributed by atoms with Gasteiger partial charge in [-0.1, -0.05) is 29.3 Å². The Kier molecular flexibility index (Phi) is 4.68. The first-order valence-electron chi connectivity index (χ1n) is 7.64. The first kappa shape index (κ1) is 16.9. The third-order valence-corrected chi connectivity index (χ3v) is 4.04. The maximum atomic E-state index is 12.6. The maximum Gasteiger partial charge on any atom is 0.279 e. The number of aryl methyl sites for hydroxylation is 4. The molecular formula is C18H23N3O2. The summed E-state index contributed by atoms with van der Waals surface area (Å²) in [5, 5.41) is 7.02. The molecule has 5 nitrogen and oxygen atoms in total. The minimum absolute atomic E-state index is 0.163. The molecule has 0 radical (unpaired) electrons. The summed E-state index contributed by atoms with van der Waals surface area (Å²) in [5.41, 5.74) is 4.40. The van der Waals surface area contributed by atoms with Crippen LogP contribution in [-0.2, 0) is 7.05 Å². The SMILES string of the molecule is Cc1cc(C)cc(C(C)NC(=O)c2c(C)c(C)nn(C)c2=O)c1. The molecule has 2 rings (SSSR count). The van der Waals surface area contributed by atoms with Gasteiger partial charge in [0.15, 0.2) is 0 Å². The van der Waals surface area contributed by atoms with Gasteiger partial charge >= 0.3 is 0 Å². The van der Waals surface area contributed by atoms with Crippen LogP contribution in [0.25, 0.3) is 0 Å². The first-order chi connectivity index (χ1) is 10.7. The molecule has 1 unspecified atom stereocenters. The van der Waals surface area contributed by atoms with Crippen LogP contribution in [0.5, 0.6) is 0 Å². The molecule has 0 saturated carbocycles. The monoisotopic (exact) mass is 313 g/mol. The van der Waals surface area contributed by atoms with E-state index in [1.54, 1.807) is 20.9 Å². The van der Waals surface area contributed by atoms with Crippen LogP contribution in [0.1, 0.15) is 51.3 Å². The summed E-state index contributed by atoms with van der Waals surface area (Å²) in [7, 11) is 1.55. The van der Waals surface area contributed by atoms with Crippen LogP contribution in [-0.4, -0.2) is 15.7 Å². The summed E-state index contributed by atoms with van der Waals surface area (Å²) < 4.78 is 1.21. The molecule has 0 saturated heterocycles. The number of carbonyl (C=O) groups is 1. The van der Waals surface area contributed by atoms with Gasteiger partial charge in [0.2, 0.25) is 0 Å². The molecule has 1 N–H and O–H groups in total. The highest BCUT2D eigenvalue weighted by Crippen LogP contribution is 2.17. The summed E-state index contributed by atoms with van der Waals surface area (Å²) in [6, 6.07) is 5.99. The van der Waals surface area contributed by atoms with Crippen LogP contribution < -0.4 is 10.9 Å². The quantitative estimate of drug-likeness (QED) is 0.947. The van der Waals surface area contributed by atoms with Crippen molar-refractivity contribution in [1.82, 2.24) is 15.1 Å². The lowest BCUT2D eigenvalue weighted by atomic mass is 10.0. The van der Waals surface area contributed by atoms with Crippen molar-refractivity contribution in [3.63, 3.8) is 0 Å². The average Bonchev–Trinajstić information content (AvgIpc) is 2.44. The number of carbonyl (C=O) groups excluding carboxylic acids is 1. The zero-order valence-electron chi connectivity index (χ0n) is 14.5. The van der Waals surface area contributed by atoms with Crippen molar-refractivity contribution in [3.8, 4) is 0 Å². The van der Waals surface area contributed by atoms with Gasteiger partial charge in [-0.15, -0.1) is 0 Å². The van der Waals surface area contributed by atoms with Crippen LogP contribution in [0, 0.1) is 27.7 Å². The fraction of sp³-hybridized carbons (Fsp3) is 0.389. The second-order valence-electron chi connectivity index (χ2n) is 6.13. The van der Waals surface area contributed by atoms with E-state index in [2.05, 4.69) is 16.5 Å². The lowest BCUT2D eigenvalue weighted by Crippen LogP contribution is -2.36. The van der Waals surface area contributed by atoms with Crippen molar-refractivity contribution in [2.45, 2.75) is 40.7 Å². The molecular weight excluding hydrogens is 290 g/mol. The van der Waals surface area contributed by atoms with Crippen LogP contribution >= 0.6 is 0 Å². The summed E-state index contributed by atoms with van der Waals surface area (Å²) >= 11 is 0. The number of nitrogens with zero attached hydrogens (tertiary/aromatic N) is 2. The van der Waals surface area contributed by atoms with Crippen molar-refractivity contribution < 1.29 is 4.79 Å². The van der Waals surface area contributed by atoms with Crippen molar-refractivity contribution in [2.75, 3.05) is 0 Å². The molecule has 1 amide bonds. The summed E-state index contributed by atoms with van der Waals surface area (Å²) in [5.74, 6) is -0.361. The highest BCUT2D eigenvalue weighted by Gasteiger charge is 2.20. The van der Waals surface area contributed by atoms with Gasteiger partial charge < -0.3 is 5.32 Å². The van der Waals surface area contributed by atoms with Gasteiger partial charge in [0.05, 0.1) is 11.7 Å². The Bertz CT molecular complexity index is 801. The zero-order chi connectivity index (χ0) is 17.3. The number of amides is 1. The molecule has 0 aliphatic heterocycles. The van der Waals surface area contributed by atoms with Crippen molar-refractivity contribution >= 4 is 5.91 Å². The smallest absolute Gasteiger partial charge is 0.279 e. The van der Waals surface area contributed by atoms with Crippen molar-refractivity contribution in [1.29, 1.82) is 0 Å². The molecule has 0 aliphatic rings. The third-order valence-electron chi connectivity index (χ3n) is 4.04. The van der Waals surface area contributed by atoms with Crippen LogP contribution in [0.3, 0.4) is 0 Å². The van der Waals surface area contributed by atoms with Crippen molar-refractivity contribution in [3.05, 3.63) is 62.1 Å². The van der Waals surface area contributed by atoms with Gasteiger partial charge in [0, 0.05) is 7.05 Å². The van der Waals surface area contributed by atoms with Gasteiger partial charge in [0.25, 0.3) is 11.5 Å². The number of hydrogen-bond acceptors (Lipinski definition) is 3. The molecule has 1 aromatic carbocycles. The minimum Gasteiger partial charge on any atom is -0.345 e. The lowest BCUT2D eigenvalue weighted by molar-refractivity contribution is 0.0936. The van der Waals surface area contributed by atoms with E-state index < -0.39 is 0 Å². The fourth-order valence-corrected chi connectivity index (χ4v) is 2.73. The Morgan fingerprint density at radius 3 is 2.26 bits per heavy atom. The first-order valence-corrected chi connectivity index (χ1v) is 7.64. The van der Waals surface area contributed by atoms with Gasteiger partial charge in [-0.3, -0.25) is 9.59 Å². The molecule has 2 aromatic rings. The average molecular weight is 313 g/mol. The normalized spacial score (nSPS) is 12.1. The van der Waals surface area contributed by atoms with Gasteiger partial charge in [-0.05, 0) is 45.7 Å². The highest BCUT2D eigenvalue weighted by molar-refractivity contribution is 5.95. The number of rotatable bonds is 3. The molecule has 1 aromatic heterocycles. The Labute approximate surface area is 136 Å². The molecule has 5 heteroatoms. The van der Waals surface area contributed by atoms with E-state index in [1.165, 1.54) is 4.68 Å². The summed E-state index contributed by atoms with van der Waals surface area (Å²) in [6.45, 7) is 9.51. The molecule has 122 valence electrons. The van der Waals surface area contributed by atoms with E-state index in [4.69, 9.17) is 0 Å². The zero-order valence-corrected chi connectivity index (χ0v) is 14.5. The second kappa shape index (κ2) is 6.36. The van der Waals surface area contributed by atoms with E-state index in [1.807, 2.05) is 32.9 Å². The number of aromatic nitrogens is 2. The van der Waals surface area contributed by atoms with Gasteiger partial charge in [-0.2, -0.15) is 5.10 Å². The highest BCUT2D eigenvalue weighted by atomic mass is 16.2. The second-order valence-corrected chi connectivity index (χ2v) is 6.13. The molecule has 0 bridgehead atoms. The largest absolute Gasteiger partial charge is 0.345 e. The van der Waals surface area contributed by atoms with E-state index in [9.17, 15) is 9.59 Å². The Hall–Kier alpha value is -2.43. The fourth-order valence-electron chi connectivity index (χ4n) is 2.73. The minimum atomic E-state index is -0.377. The molecule has 0 spiro atoms. The molecule has 23 heavy (non-hydrogen) atoms. The lowest BCUT2D eigenvalue weighted by Gasteiger charge is -2.17. The summed E-state index contributed by atoms with van der Waals surface area (Å²) in [6.07, 6.45) is 0. The Balaban J connectivity index is 2.34. The van der Waals surface area contributed by atoms with Crippen LogP contribution in [0.15, 0.2) is 23.0 Å². The standard InChI is InChI=1S/C18H23N3O2/c1-10-7-11(2)9-15(8-10)14(5)19-17(22)16-12(3)13(4)20-21(6)18(16)23/h7-9,14H,1-6H3,(H,19,22). The predicted molar refractivity (Wildman–Crippen MR) is 90.7 cm³/mol.